The molecule has 3 aromatic rings. The van der Waals surface area contributed by atoms with Crippen LogP contribution in [0, 0.1) is 0 Å². The van der Waals surface area contributed by atoms with Gasteiger partial charge in [-0.2, -0.15) is 0 Å². The normalized spacial score (nSPS) is 12.7. The molecule has 0 aromatic heterocycles. The molecular formula is C31H36BrFN2O5. The molecule has 0 aliphatic carbocycles. The first-order valence-electron chi connectivity index (χ1n) is 13.2. The van der Waals surface area contributed by atoms with Gasteiger partial charge in [-0.1, -0.05) is 68.4 Å². The topological polar surface area (TPSA) is 91.1 Å². The lowest BCUT2D eigenvalue weighted by atomic mass is 9.95. The molecule has 214 valence electrons. The van der Waals surface area contributed by atoms with E-state index in [1.807, 2.05) is 30.3 Å². The summed E-state index contributed by atoms with van der Waals surface area (Å²) in [6, 6.07) is 19.8. The van der Waals surface area contributed by atoms with Gasteiger partial charge in [-0.15, -0.1) is 0 Å². The van der Waals surface area contributed by atoms with E-state index in [0.717, 1.165) is 29.8 Å². The molecule has 0 saturated carbocycles. The van der Waals surface area contributed by atoms with E-state index >= 15 is 4.39 Å². The maximum absolute atomic E-state index is 15.2. The lowest BCUT2D eigenvalue weighted by Crippen LogP contribution is -2.30. The van der Waals surface area contributed by atoms with Gasteiger partial charge in [-0.25, -0.2) is 14.0 Å². The maximum atomic E-state index is 15.2. The molecule has 0 saturated heterocycles. The number of esters is 2. The Morgan fingerprint density at radius 2 is 1.50 bits per heavy atom. The van der Waals surface area contributed by atoms with Crippen molar-refractivity contribution in [3.05, 3.63) is 87.9 Å². The molecule has 0 spiro atoms. The van der Waals surface area contributed by atoms with Gasteiger partial charge in [0, 0.05) is 16.6 Å². The second-order valence-electron chi connectivity index (χ2n) is 9.32. The predicted octanol–water partition coefficient (Wildman–Crippen LogP) is 6.14. The van der Waals surface area contributed by atoms with Crippen LogP contribution in [0.4, 0.5) is 10.1 Å². The fourth-order valence-electron chi connectivity index (χ4n) is 4.04. The van der Waals surface area contributed by atoms with Crippen molar-refractivity contribution in [1.29, 1.82) is 0 Å². The number of halogens is 2. The van der Waals surface area contributed by atoms with Crippen molar-refractivity contribution in [2.75, 3.05) is 45.3 Å². The standard InChI is InChI=1S/C31H36BrFN2O5/c1-4-35(5-2)21-25-19-24(20-27(32)28(25)34)29(36)39-17-15-38-16-18-40-30(37)31(3,33)26-13-11-23(12-14-26)22-9-7-6-8-10-22/h6-14,19-20H,4-5,15-18,21,34H2,1-3H3. The Labute approximate surface area is 243 Å². The Morgan fingerprint density at radius 3 is 2.12 bits per heavy atom. The second-order valence-corrected chi connectivity index (χ2v) is 10.2. The van der Waals surface area contributed by atoms with E-state index in [2.05, 4.69) is 34.7 Å². The Balaban J connectivity index is 1.40. The van der Waals surface area contributed by atoms with Crippen molar-refractivity contribution in [1.82, 2.24) is 4.90 Å². The molecule has 1 atom stereocenters. The van der Waals surface area contributed by atoms with Gasteiger partial charge in [-0.3, -0.25) is 4.90 Å². The number of nitrogens with two attached hydrogens (primary N) is 1. The smallest absolute Gasteiger partial charge is 0.348 e. The molecule has 3 aromatic carbocycles. The van der Waals surface area contributed by atoms with Crippen molar-refractivity contribution >= 4 is 33.6 Å². The van der Waals surface area contributed by atoms with E-state index in [0.29, 0.717) is 22.3 Å². The molecule has 7 nitrogen and oxygen atoms in total. The highest BCUT2D eigenvalue weighted by atomic mass is 79.9. The third-order valence-electron chi connectivity index (χ3n) is 6.58. The van der Waals surface area contributed by atoms with Crippen LogP contribution in [0.3, 0.4) is 0 Å². The number of benzene rings is 3. The highest BCUT2D eigenvalue weighted by molar-refractivity contribution is 9.10. The molecule has 3 rings (SSSR count). The highest BCUT2D eigenvalue weighted by Crippen LogP contribution is 2.30. The van der Waals surface area contributed by atoms with Gasteiger partial charge < -0.3 is 19.9 Å². The van der Waals surface area contributed by atoms with Crippen LogP contribution in [-0.2, 0) is 31.2 Å². The quantitative estimate of drug-likeness (QED) is 0.132. The maximum Gasteiger partial charge on any atom is 0.348 e. The minimum Gasteiger partial charge on any atom is -0.461 e. The molecule has 9 heteroatoms. The van der Waals surface area contributed by atoms with Gasteiger partial charge in [0.25, 0.3) is 0 Å². The molecule has 0 heterocycles. The molecule has 0 aliphatic rings. The lowest BCUT2D eigenvalue weighted by molar-refractivity contribution is -0.159. The summed E-state index contributed by atoms with van der Waals surface area (Å²) < 4.78 is 31.7. The first-order valence-corrected chi connectivity index (χ1v) is 14.0. The van der Waals surface area contributed by atoms with Crippen molar-refractivity contribution in [3.63, 3.8) is 0 Å². The average Bonchev–Trinajstić information content (AvgIpc) is 2.97. The van der Waals surface area contributed by atoms with Gasteiger partial charge in [0.05, 0.1) is 24.5 Å². The van der Waals surface area contributed by atoms with Gasteiger partial charge in [0.1, 0.15) is 13.2 Å². The van der Waals surface area contributed by atoms with E-state index in [9.17, 15) is 9.59 Å². The Bertz CT molecular complexity index is 1260. The van der Waals surface area contributed by atoms with Crippen LogP contribution in [0.15, 0.2) is 71.2 Å². The summed E-state index contributed by atoms with van der Waals surface area (Å²) >= 11 is 3.42. The molecule has 0 radical (unpaired) electrons. The van der Waals surface area contributed by atoms with E-state index in [4.69, 9.17) is 19.9 Å². The van der Waals surface area contributed by atoms with Crippen LogP contribution in [-0.4, -0.2) is 56.4 Å². The number of anilines is 1. The zero-order valence-corrected chi connectivity index (χ0v) is 24.7. The zero-order valence-electron chi connectivity index (χ0n) is 23.1. The van der Waals surface area contributed by atoms with Crippen LogP contribution in [0.5, 0.6) is 0 Å². The van der Waals surface area contributed by atoms with Crippen LogP contribution < -0.4 is 5.73 Å². The molecule has 0 fully saturated rings. The summed E-state index contributed by atoms with van der Waals surface area (Å²) in [6.07, 6.45) is 0. The van der Waals surface area contributed by atoms with E-state index in [1.165, 1.54) is 6.92 Å². The van der Waals surface area contributed by atoms with Crippen molar-refractivity contribution in [2.45, 2.75) is 33.0 Å². The molecule has 0 aliphatic heterocycles. The fourth-order valence-corrected chi connectivity index (χ4v) is 4.54. The zero-order chi connectivity index (χ0) is 29.1. The van der Waals surface area contributed by atoms with Gasteiger partial charge in [0.2, 0.25) is 5.67 Å². The second kappa shape index (κ2) is 14.9. The van der Waals surface area contributed by atoms with Crippen LogP contribution in [0.1, 0.15) is 42.3 Å². The molecule has 2 N–H and O–H groups in total. The number of hydrogen-bond acceptors (Lipinski definition) is 7. The molecule has 0 amide bonds. The number of carbonyl (C=O) groups is 2. The van der Waals surface area contributed by atoms with E-state index in [1.54, 1.807) is 36.4 Å². The monoisotopic (exact) mass is 614 g/mol. The number of ether oxygens (including phenoxy) is 3. The molecule has 1 unspecified atom stereocenters. The van der Waals surface area contributed by atoms with Gasteiger partial charge in [0.15, 0.2) is 0 Å². The number of alkyl halides is 1. The average molecular weight is 616 g/mol. The number of rotatable bonds is 14. The summed E-state index contributed by atoms with van der Waals surface area (Å²) in [5.41, 5.74) is 7.83. The Morgan fingerprint density at radius 1 is 0.900 bits per heavy atom. The van der Waals surface area contributed by atoms with Crippen molar-refractivity contribution < 1.29 is 28.2 Å². The van der Waals surface area contributed by atoms with E-state index < -0.39 is 17.6 Å². The summed E-state index contributed by atoms with van der Waals surface area (Å²) in [4.78, 5) is 27.1. The first kappa shape index (κ1) is 31.3. The van der Waals surface area contributed by atoms with Crippen molar-refractivity contribution in [2.24, 2.45) is 0 Å². The molecular weight excluding hydrogens is 579 g/mol. The number of hydrogen-bond donors (Lipinski definition) is 1. The van der Waals surface area contributed by atoms with E-state index in [-0.39, 0.29) is 32.0 Å². The lowest BCUT2D eigenvalue weighted by Gasteiger charge is -2.20. The highest BCUT2D eigenvalue weighted by Gasteiger charge is 2.37. The first-order chi connectivity index (χ1) is 19.2. The van der Waals surface area contributed by atoms with Crippen LogP contribution in [0.2, 0.25) is 0 Å². The summed E-state index contributed by atoms with van der Waals surface area (Å²) in [5, 5.41) is 0. The van der Waals surface area contributed by atoms with Crippen molar-refractivity contribution in [3.8, 4) is 11.1 Å². The Hall–Kier alpha value is -3.27. The van der Waals surface area contributed by atoms with Gasteiger partial charge >= 0.3 is 11.9 Å². The van der Waals surface area contributed by atoms with Gasteiger partial charge in [-0.05, 0) is 64.8 Å². The number of nitrogens with zero attached hydrogens (tertiary/aromatic N) is 1. The van der Waals surface area contributed by atoms with Crippen LogP contribution in [0.25, 0.3) is 11.1 Å². The minimum atomic E-state index is -2.30. The summed E-state index contributed by atoms with van der Waals surface area (Å²) in [7, 11) is 0. The summed E-state index contributed by atoms with van der Waals surface area (Å²) in [6.45, 7) is 7.66. The molecule has 0 bridgehead atoms. The number of nitrogen functional groups attached to an aromatic ring is 1. The number of carbonyl (C=O) groups excluding carboxylic acids is 2. The summed E-state index contributed by atoms with van der Waals surface area (Å²) in [5.74, 6) is -1.49. The third-order valence-corrected chi connectivity index (χ3v) is 7.23. The fraction of sp³-hybridized carbons (Fsp3) is 0.355. The molecule has 40 heavy (non-hydrogen) atoms. The minimum absolute atomic E-state index is 0.00867. The van der Waals surface area contributed by atoms with Crippen LogP contribution >= 0.6 is 15.9 Å². The predicted molar refractivity (Wildman–Crippen MR) is 158 cm³/mol. The SMILES string of the molecule is CCN(CC)Cc1cc(C(=O)OCCOCCOC(=O)C(C)(F)c2ccc(-c3ccccc3)cc2)cc(Br)c1N. The third kappa shape index (κ3) is 8.36. The Kier molecular flexibility index (Phi) is 11.7. The largest absolute Gasteiger partial charge is 0.461 e.